The summed E-state index contributed by atoms with van der Waals surface area (Å²) in [5.41, 5.74) is 1.04. The summed E-state index contributed by atoms with van der Waals surface area (Å²) in [6.07, 6.45) is -10.6. The van der Waals surface area contributed by atoms with E-state index in [2.05, 4.69) is 0 Å². The van der Waals surface area contributed by atoms with Gasteiger partial charge < -0.3 is 49.6 Å². The van der Waals surface area contributed by atoms with E-state index in [9.17, 15) is 30.6 Å². The van der Waals surface area contributed by atoms with Crippen molar-refractivity contribution >= 4 is 0 Å². The molecule has 6 N–H and O–H groups in total. The van der Waals surface area contributed by atoms with Crippen LogP contribution in [-0.4, -0.2) is 112 Å². The number of aliphatic hydroxyl groups is 6. The summed E-state index contributed by atoms with van der Waals surface area (Å²) in [7, 11) is 0. The topological polar surface area (TPSA) is 158 Å². The van der Waals surface area contributed by atoms with Crippen LogP contribution >= 0.6 is 0 Å². The van der Waals surface area contributed by atoms with E-state index in [1.165, 1.54) is 0 Å². The third-order valence-corrected chi connectivity index (χ3v) is 5.35. The predicted molar refractivity (Wildman–Crippen MR) is 101 cm³/mol. The summed E-state index contributed by atoms with van der Waals surface area (Å²) in [4.78, 5) is 0. The van der Waals surface area contributed by atoms with E-state index >= 15 is 0 Å². The molecule has 0 spiro atoms. The van der Waals surface area contributed by atoms with Gasteiger partial charge in [0, 0.05) is 0 Å². The first-order valence-electron chi connectivity index (χ1n) is 9.97. The fourth-order valence-corrected chi connectivity index (χ4v) is 3.44. The second kappa shape index (κ2) is 10.9. The smallest absolute Gasteiger partial charge is 0.186 e. The lowest BCUT2D eigenvalue weighted by Crippen LogP contribution is -2.59. The van der Waals surface area contributed by atoms with E-state index in [1.54, 1.807) is 0 Å². The molecule has 0 bridgehead atoms. The lowest BCUT2D eigenvalue weighted by atomic mass is 9.99. The Bertz CT molecular complexity index is 631. The highest BCUT2D eigenvalue weighted by atomic mass is 16.7. The van der Waals surface area contributed by atoms with Gasteiger partial charge in [0.25, 0.3) is 0 Å². The van der Waals surface area contributed by atoms with E-state index in [1.807, 2.05) is 30.3 Å². The van der Waals surface area contributed by atoms with Crippen LogP contribution in [0.3, 0.4) is 0 Å². The molecule has 2 aliphatic heterocycles. The Hall–Kier alpha value is -1.18. The van der Waals surface area contributed by atoms with E-state index < -0.39 is 55.1 Å². The van der Waals surface area contributed by atoms with Crippen molar-refractivity contribution in [1.82, 2.24) is 0 Å². The van der Waals surface area contributed by atoms with Gasteiger partial charge in [-0.3, -0.25) is 0 Å². The van der Waals surface area contributed by atoms with Gasteiger partial charge in [0.05, 0.1) is 26.4 Å². The van der Waals surface area contributed by atoms with Crippen LogP contribution in [0.25, 0.3) is 0 Å². The van der Waals surface area contributed by atoms with Crippen LogP contribution in [0, 0.1) is 0 Å². The average molecular weight is 430 g/mol. The highest BCUT2D eigenvalue weighted by Gasteiger charge is 2.44. The van der Waals surface area contributed by atoms with E-state index in [0.29, 0.717) is 6.42 Å². The normalized spacial score (nSPS) is 39.7. The zero-order valence-corrected chi connectivity index (χ0v) is 16.4. The van der Waals surface area contributed by atoms with Gasteiger partial charge in [0.15, 0.2) is 6.29 Å². The number of aliphatic hydroxyl groups excluding tert-OH is 6. The molecule has 170 valence electrons. The summed E-state index contributed by atoms with van der Waals surface area (Å²) in [6.45, 7) is -0.202. The number of hydrogen-bond donors (Lipinski definition) is 6. The summed E-state index contributed by atoms with van der Waals surface area (Å²) in [5.74, 6) is 0. The molecule has 2 heterocycles. The van der Waals surface area contributed by atoms with Gasteiger partial charge in [-0.15, -0.1) is 0 Å². The quantitative estimate of drug-likeness (QED) is 0.261. The van der Waals surface area contributed by atoms with Crippen molar-refractivity contribution in [3.63, 3.8) is 0 Å². The molecular weight excluding hydrogens is 400 g/mol. The summed E-state index contributed by atoms with van der Waals surface area (Å²) in [6, 6.07) is 9.59. The Morgan fingerprint density at radius 2 is 1.47 bits per heavy atom. The Labute approximate surface area is 174 Å². The Kier molecular flexibility index (Phi) is 8.54. The van der Waals surface area contributed by atoms with Crippen LogP contribution < -0.4 is 0 Å². The SMILES string of the molecule is OC1[C@H](COCC2O[C@@H](OCCc3ccccc3)C(O)[C@@H](O)[C@@H]2O)OC[C@@H](O)[C@@H]1O. The minimum atomic E-state index is -1.48. The van der Waals surface area contributed by atoms with Gasteiger partial charge >= 0.3 is 0 Å². The standard InChI is InChI=1S/C20H30O10/c21-12-8-29-13(16(23)15(12)22)9-27-10-14-17(24)18(25)19(26)20(30-14)28-7-6-11-4-2-1-3-5-11/h1-5,12-26H,6-10H2/t12-,13+,14?,15+,16?,17-,18+,19?,20-/m1/s1. The molecule has 2 aliphatic rings. The maximum atomic E-state index is 10.2. The number of hydrogen-bond acceptors (Lipinski definition) is 10. The Balaban J connectivity index is 1.46. The first-order valence-corrected chi connectivity index (χ1v) is 9.97. The minimum absolute atomic E-state index is 0.129. The largest absolute Gasteiger partial charge is 0.388 e. The van der Waals surface area contributed by atoms with Crippen molar-refractivity contribution in [1.29, 1.82) is 0 Å². The van der Waals surface area contributed by atoms with Crippen LogP contribution in [0.2, 0.25) is 0 Å². The van der Waals surface area contributed by atoms with E-state index in [4.69, 9.17) is 18.9 Å². The van der Waals surface area contributed by atoms with Crippen molar-refractivity contribution in [2.24, 2.45) is 0 Å². The molecule has 0 saturated carbocycles. The summed E-state index contributed by atoms with van der Waals surface area (Å²) >= 11 is 0. The van der Waals surface area contributed by atoms with Crippen molar-refractivity contribution in [2.75, 3.05) is 26.4 Å². The molecule has 3 unspecified atom stereocenters. The highest BCUT2D eigenvalue weighted by molar-refractivity contribution is 5.14. The van der Waals surface area contributed by atoms with Crippen LogP contribution in [0.1, 0.15) is 5.56 Å². The average Bonchev–Trinajstić information content (AvgIpc) is 2.75. The van der Waals surface area contributed by atoms with Crippen LogP contribution in [-0.2, 0) is 25.4 Å². The molecule has 30 heavy (non-hydrogen) atoms. The van der Waals surface area contributed by atoms with Crippen LogP contribution in [0.15, 0.2) is 30.3 Å². The maximum absolute atomic E-state index is 10.2. The zero-order valence-electron chi connectivity index (χ0n) is 16.4. The molecule has 0 aliphatic carbocycles. The minimum Gasteiger partial charge on any atom is -0.388 e. The van der Waals surface area contributed by atoms with Crippen molar-refractivity contribution in [2.45, 2.75) is 61.5 Å². The van der Waals surface area contributed by atoms with Gasteiger partial charge in [-0.2, -0.15) is 0 Å². The van der Waals surface area contributed by atoms with Crippen molar-refractivity contribution in [3.8, 4) is 0 Å². The molecule has 10 nitrogen and oxygen atoms in total. The van der Waals surface area contributed by atoms with Gasteiger partial charge in [-0.1, -0.05) is 30.3 Å². The molecule has 2 fully saturated rings. The molecule has 0 radical (unpaired) electrons. The summed E-state index contributed by atoms with van der Waals surface area (Å²) in [5, 5.41) is 59.5. The van der Waals surface area contributed by atoms with Gasteiger partial charge in [-0.25, -0.2) is 0 Å². The molecule has 1 aromatic carbocycles. The second-order valence-corrected chi connectivity index (χ2v) is 7.58. The molecule has 2 saturated heterocycles. The maximum Gasteiger partial charge on any atom is 0.186 e. The highest BCUT2D eigenvalue weighted by Crippen LogP contribution is 2.23. The number of rotatable bonds is 8. The second-order valence-electron chi connectivity index (χ2n) is 7.58. The van der Waals surface area contributed by atoms with Gasteiger partial charge in [0.1, 0.15) is 48.8 Å². The van der Waals surface area contributed by atoms with Crippen molar-refractivity contribution < 1.29 is 49.6 Å². The monoisotopic (exact) mass is 430 g/mol. The molecule has 3 rings (SSSR count). The Morgan fingerprint density at radius 3 is 2.20 bits per heavy atom. The zero-order chi connectivity index (χ0) is 21.7. The lowest BCUT2D eigenvalue weighted by Gasteiger charge is -2.40. The van der Waals surface area contributed by atoms with Gasteiger partial charge in [-0.05, 0) is 12.0 Å². The molecule has 0 amide bonds. The first-order chi connectivity index (χ1) is 14.4. The van der Waals surface area contributed by atoms with Crippen molar-refractivity contribution in [3.05, 3.63) is 35.9 Å². The third kappa shape index (κ3) is 5.74. The molecule has 0 aromatic heterocycles. The van der Waals surface area contributed by atoms with Crippen LogP contribution in [0.5, 0.6) is 0 Å². The van der Waals surface area contributed by atoms with E-state index in [0.717, 1.165) is 5.56 Å². The Morgan fingerprint density at radius 1 is 0.800 bits per heavy atom. The number of ether oxygens (including phenoxy) is 4. The third-order valence-electron chi connectivity index (χ3n) is 5.35. The van der Waals surface area contributed by atoms with Gasteiger partial charge in [0.2, 0.25) is 0 Å². The lowest BCUT2D eigenvalue weighted by molar-refractivity contribution is -0.304. The first kappa shape index (κ1) is 23.5. The molecule has 1 aromatic rings. The van der Waals surface area contributed by atoms with Crippen LogP contribution in [0.4, 0.5) is 0 Å². The fourth-order valence-electron chi connectivity index (χ4n) is 3.44. The molecule has 9 atom stereocenters. The predicted octanol–water partition coefficient (Wildman–Crippen LogP) is -2.45. The molecular formula is C20H30O10. The summed E-state index contributed by atoms with van der Waals surface area (Å²) < 4.78 is 21.8. The number of benzene rings is 1. The fraction of sp³-hybridized carbons (Fsp3) is 0.700. The van der Waals surface area contributed by atoms with E-state index in [-0.39, 0.29) is 26.4 Å². The molecule has 10 heteroatoms.